The van der Waals surface area contributed by atoms with Gasteiger partial charge in [0, 0.05) is 105 Å². The molecule has 0 aromatic heterocycles. The van der Waals surface area contributed by atoms with Crippen molar-refractivity contribution >= 4 is 122 Å². The minimum Gasteiger partial charge on any atom is -0.497 e. The number of methoxy groups -OCH3 is 3. The molecule has 0 unspecified atom stereocenters. The van der Waals surface area contributed by atoms with Gasteiger partial charge >= 0.3 is 0 Å². The second-order valence-electron chi connectivity index (χ2n) is 23.8. The lowest BCUT2D eigenvalue weighted by atomic mass is 10.1. The van der Waals surface area contributed by atoms with E-state index >= 15 is 0 Å². The summed E-state index contributed by atoms with van der Waals surface area (Å²) in [4.78, 5) is 83.8. The molecule has 9 aromatic carbocycles. The summed E-state index contributed by atoms with van der Waals surface area (Å²) >= 11 is 17.7. The number of amidine groups is 3. The molecule has 0 atom stereocenters. The molecule has 0 spiro atoms. The number of hydrogen-bond donors (Lipinski definition) is 9. The average Bonchev–Trinajstić information content (AvgIpc) is 0.908. The number of amides is 6. The Morgan fingerprint density at radius 3 is 0.765 bits per heavy atom. The molecule has 3 saturated heterocycles. The van der Waals surface area contributed by atoms with E-state index < -0.39 is 17.7 Å². The minimum absolute atomic E-state index is 0.258. The van der Waals surface area contributed by atoms with E-state index in [0.29, 0.717) is 101 Å². The first-order valence-electron chi connectivity index (χ1n) is 32.8. The number of likely N-dealkylation sites (tertiary alicyclic amines) is 3. The van der Waals surface area contributed by atoms with Gasteiger partial charge in [0.1, 0.15) is 34.8 Å². The molecular weight excluding hydrogens is 1360 g/mol. The van der Waals surface area contributed by atoms with Crippen molar-refractivity contribution in [2.75, 3.05) is 92.5 Å². The van der Waals surface area contributed by atoms with Crippen molar-refractivity contribution in [1.29, 1.82) is 16.2 Å². The molecule has 102 heavy (non-hydrogen) atoms. The molecule has 24 heteroatoms. The van der Waals surface area contributed by atoms with Crippen molar-refractivity contribution < 1.29 is 43.0 Å². The Balaban J connectivity index is 0.000000165. The van der Waals surface area contributed by atoms with E-state index in [1.54, 1.807) is 200 Å². The quantitative estimate of drug-likeness (QED) is 0.0286. The van der Waals surface area contributed by atoms with Gasteiger partial charge in [0.2, 0.25) is 0 Å². The Labute approximate surface area is 605 Å². The van der Waals surface area contributed by atoms with Gasteiger partial charge in [0.05, 0.1) is 55.1 Å². The van der Waals surface area contributed by atoms with E-state index in [2.05, 4.69) is 36.8 Å². The molecule has 0 radical (unpaired) electrons. The van der Waals surface area contributed by atoms with Crippen molar-refractivity contribution in [3.05, 3.63) is 265 Å². The van der Waals surface area contributed by atoms with Crippen LogP contribution in [0.1, 0.15) is 117 Å². The molecule has 21 nitrogen and oxygen atoms in total. The van der Waals surface area contributed by atoms with Gasteiger partial charge in [-0.05, 0) is 202 Å². The fraction of sp³-hybridized carbons (Fsp3) is 0.192. The molecule has 3 heterocycles. The number of ether oxygens (including phenoxy) is 3. The van der Waals surface area contributed by atoms with Crippen LogP contribution in [0.3, 0.4) is 0 Å². The van der Waals surface area contributed by atoms with Crippen molar-refractivity contribution in [2.45, 2.75) is 38.5 Å². The molecular formula is C78H75Cl3N12O9. The number of carbonyl (C=O) groups is 6. The highest BCUT2D eigenvalue weighted by atomic mass is 35.5. The number of halogens is 3. The molecule has 0 bridgehead atoms. The van der Waals surface area contributed by atoms with E-state index in [-0.39, 0.29) is 34.4 Å². The van der Waals surface area contributed by atoms with Gasteiger partial charge in [-0.1, -0.05) is 71.2 Å². The average molecular weight is 1430 g/mol. The molecule has 3 aliphatic heterocycles. The van der Waals surface area contributed by atoms with Crippen LogP contribution in [0.25, 0.3) is 0 Å². The van der Waals surface area contributed by atoms with Gasteiger partial charge in [-0.15, -0.1) is 0 Å². The van der Waals surface area contributed by atoms with Gasteiger partial charge in [-0.25, -0.2) is 0 Å². The fourth-order valence-electron chi connectivity index (χ4n) is 11.1. The molecule has 0 aliphatic carbocycles. The third-order valence-electron chi connectivity index (χ3n) is 17.0. The third-order valence-corrected chi connectivity index (χ3v) is 17.7. The zero-order valence-corrected chi connectivity index (χ0v) is 58.5. The maximum absolute atomic E-state index is 13.0. The van der Waals surface area contributed by atoms with Crippen molar-refractivity contribution in [2.24, 2.45) is 0 Å². The molecule has 3 fully saturated rings. The van der Waals surface area contributed by atoms with Crippen LogP contribution in [0.5, 0.6) is 17.2 Å². The van der Waals surface area contributed by atoms with Crippen LogP contribution < -0.4 is 46.1 Å². The molecule has 522 valence electrons. The van der Waals surface area contributed by atoms with Crippen LogP contribution >= 0.6 is 34.8 Å². The number of nitrogens with one attached hydrogen (secondary N) is 9. The van der Waals surface area contributed by atoms with E-state index in [1.807, 2.05) is 9.80 Å². The minimum atomic E-state index is -0.398. The molecule has 9 N–H and O–H groups in total. The van der Waals surface area contributed by atoms with Gasteiger partial charge in [-0.2, -0.15) is 0 Å². The first kappa shape index (κ1) is 73.2. The summed E-state index contributed by atoms with van der Waals surface area (Å²) in [7, 11) is 4.53. The van der Waals surface area contributed by atoms with Gasteiger partial charge < -0.3 is 60.8 Å². The van der Waals surface area contributed by atoms with Crippen LogP contribution in [0.4, 0.5) is 34.1 Å². The van der Waals surface area contributed by atoms with Crippen LogP contribution in [0, 0.1) is 16.2 Å². The smallest absolute Gasteiger partial charge is 0.257 e. The van der Waals surface area contributed by atoms with Crippen molar-refractivity contribution in [3.8, 4) is 17.2 Å². The summed E-state index contributed by atoms with van der Waals surface area (Å²) < 4.78 is 15.8. The van der Waals surface area contributed by atoms with Crippen LogP contribution in [-0.4, -0.2) is 128 Å². The van der Waals surface area contributed by atoms with E-state index in [0.717, 1.165) is 88.1 Å². The lowest BCUT2D eigenvalue weighted by molar-refractivity contribution is 0.101. The Kier molecular flexibility index (Phi) is 25.1. The largest absolute Gasteiger partial charge is 0.497 e. The lowest BCUT2D eigenvalue weighted by Crippen LogP contribution is -2.42. The molecule has 12 rings (SSSR count). The van der Waals surface area contributed by atoms with Crippen molar-refractivity contribution in [1.82, 2.24) is 14.7 Å². The Bertz CT molecular complexity index is 4530. The van der Waals surface area contributed by atoms with Crippen LogP contribution in [-0.2, 0) is 0 Å². The second kappa shape index (κ2) is 35.0. The first-order chi connectivity index (χ1) is 49.3. The number of nitrogens with zero attached hydrogens (tertiary/aromatic N) is 3. The van der Waals surface area contributed by atoms with Gasteiger partial charge in [0.15, 0.2) is 0 Å². The first-order valence-corrected chi connectivity index (χ1v) is 34.0. The van der Waals surface area contributed by atoms with E-state index in [9.17, 15) is 28.8 Å². The second-order valence-corrected chi connectivity index (χ2v) is 25.1. The number of benzene rings is 9. The molecule has 0 saturated carbocycles. The highest BCUT2D eigenvalue weighted by Gasteiger charge is 2.24. The molecule has 9 aromatic rings. The summed E-state index contributed by atoms with van der Waals surface area (Å²) in [5.41, 5.74) is 7.15. The summed E-state index contributed by atoms with van der Waals surface area (Å²) in [6.07, 6.45) is 6.68. The van der Waals surface area contributed by atoms with Gasteiger partial charge in [0.25, 0.3) is 35.4 Å². The highest BCUT2D eigenvalue weighted by molar-refractivity contribution is 6.31. The predicted molar refractivity (Wildman–Crippen MR) is 403 cm³/mol. The monoisotopic (exact) mass is 1430 g/mol. The molecule has 6 amide bonds. The number of piperidine rings is 1. The lowest BCUT2D eigenvalue weighted by Gasteiger charge is -2.33. The maximum Gasteiger partial charge on any atom is 0.257 e. The maximum atomic E-state index is 13.0. The number of carbonyl (C=O) groups excluding carboxylic acids is 6. The third kappa shape index (κ3) is 19.5. The summed E-state index contributed by atoms with van der Waals surface area (Å²) in [6, 6.07) is 55.6. The summed E-state index contributed by atoms with van der Waals surface area (Å²) in [6.45, 7) is 5.33. The number of rotatable bonds is 18. The topological polar surface area (TPSA) is 284 Å². The fourth-order valence-corrected chi connectivity index (χ4v) is 11.5. The summed E-state index contributed by atoms with van der Waals surface area (Å²) in [5, 5.41) is 43.6. The Morgan fingerprint density at radius 2 is 0.529 bits per heavy atom. The summed E-state index contributed by atoms with van der Waals surface area (Å²) in [5.74, 6) is 0.623. The van der Waals surface area contributed by atoms with E-state index in [1.165, 1.54) is 27.8 Å². The zero-order chi connectivity index (χ0) is 72.2. The normalized spacial score (nSPS) is 12.8. The SMILES string of the molecule is COc1ccc(NC(=O)c2ccc(C(=N)N3CCC3)cc2)c(C(=O)Nc2ccc(Cl)cc2)c1.COc1ccc(NC(=O)c2ccc(C(=N)N3CCCC3)cc2)c(C(=O)Nc2ccc(Cl)cc2)c1.COc1ccc(NC(=O)c2ccc(C(=N)N3CCCCC3)cc2)c(C(=O)Nc2ccc(Cl)cc2)c1. The Hall–Kier alpha value is -11.5. The van der Waals surface area contributed by atoms with Crippen LogP contribution in [0.2, 0.25) is 15.1 Å². The zero-order valence-electron chi connectivity index (χ0n) is 56.2. The predicted octanol–water partition coefficient (Wildman–Crippen LogP) is 15.8. The van der Waals surface area contributed by atoms with Crippen molar-refractivity contribution in [3.63, 3.8) is 0 Å². The standard InChI is InChI=1S/C27H27ClN4O3.C26H25ClN4O3.C25H23ClN4O3/c1-35-22-13-14-24(23(17-22)27(34)30-21-11-9-20(28)10-12-21)31-26(33)19-7-5-18(6-8-19)25(29)32-15-3-2-4-16-32;1-34-21-12-13-23(22(16-21)26(33)29-20-10-8-19(27)9-11-20)30-25(32)18-6-4-17(5-7-18)24(28)31-14-2-3-15-31;1-33-20-11-12-22(21(15-20)25(32)28-19-9-7-18(26)8-10-19)29-24(31)17-5-3-16(4-6-17)23(27)30-13-2-14-30/h5-14,17,29H,2-4,15-16H2,1H3,(H,30,34)(H,31,33);4-13,16,28H,2-3,14-15H2,1H3,(H,29,33)(H,30,32);3-12,15,27H,2,13-14H2,1H3,(H,28,32)(H,29,31). The van der Waals surface area contributed by atoms with Gasteiger partial charge in [-0.3, -0.25) is 45.0 Å². The van der Waals surface area contributed by atoms with E-state index in [4.69, 9.17) is 65.2 Å². The highest BCUT2D eigenvalue weighted by Crippen LogP contribution is 2.30. The van der Waals surface area contributed by atoms with Crippen LogP contribution in [0.15, 0.2) is 200 Å². The molecule has 3 aliphatic rings. The number of anilines is 6. The Morgan fingerprint density at radius 1 is 0.294 bits per heavy atom. The number of hydrogen-bond acceptors (Lipinski definition) is 12.